The van der Waals surface area contributed by atoms with Crippen LogP contribution in [-0.4, -0.2) is 71.9 Å². The first-order valence-corrected chi connectivity index (χ1v) is 9.43. The summed E-state index contributed by atoms with van der Waals surface area (Å²) in [5.74, 6) is -64.4. The number of rotatable bonds is 14. The largest absolute Gasteiger partial charge is 0.430 e. The van der Waals surface area contributed by atoms with E-state index in [1.807, 2.05) is 0 Å². The third-order valence-electron chi connectivity index (χ3n) is 4.91. The Morgan fingerprint density at radius 3 is 0.769 bits per heavy atom. The van der Waals surface area contributed by atoms with Crippen molar-refractivity contribution in [2.75, 3.05) is 0 Å². The maximum absolute atomic E-state index is 13.5. The predicted octanol–water partition coefficient (Wildman–Crippen LogP) is 8.77. The van der Waals surface area contributed by atoms with Crippen LogP contribution in [0.4, 0.5) is 96.6 Å². The predicted molar refractivity (Wildman–Crippen MR) is 80.9 cm³/mol. The van der Waals surface area contributed by atoms with E-state index in [-0.39, 0.29) is 13.8 Å². The molecule has 0 fully saturated rings. The molecule has 0 rings (SSSR count). The highest BCUT2D eigenvalue weighted by Gasteiger charge is 2.92. The summed E-state index contributed by atoms with van der Waals surface area (Å²) in [7, 11) is 0. The molecule has 0 aliphatic heterocycles. The minimum atomic E-state index is -8.62. The van der Waals surface area contributed by atoms with Crippen molar-refractivity contribution in [1.29, 1.82) is 0 Å². The SMILES string of the molecule is CCC(F)C(F)(F)C(F)(F)C(F)(F)C(F)(F)C(F)(F)OC(F)(F)C(F)(F)C(F)(F)C(F)(F)C(F)(F)C(F)CC. The van der Waals surface area contributed by atoms with Crippen LogP contribution in [-0.2, 0) is 4.74 Å². The van der Waals surface area contributed by atoms with E-state index < -0.39 is 84.8 Å². The van der Waals surface area contributed by atoms with E-state index in [9.17, 15) is 96.6 Å². The Hall–Kier alpha value is -1.58. The molecule has 0 N–H and O–H groups in total. The first kappa shape index (κ1) is 37.4. The summed E-state index contributed by atoms with van der Waals surface area (Å²) in [4.78, 5) is 0. The van der Waals surface area contributed by atoms with E-state index in [1.165, 1.54) is 0 Å². The van der Waals surface area contributed by atoms with Gasteiger partial charge in [-0.05, 0) is 12.8 Å². The fourth-order valence-electron chi connectivity index (χ4n) is 2.37. The normalized spacial score (nSPS) is 17.8. The monoisotopic (exact) mass is 638 g/mol. The molecule has 0 bridgehead atoms. The average molecular weight is 638 g/mol. The van der Waals surface area contributed by atoms with E-state index in [4.69, 9.17) is 0 Å². The Kier molecular flexibility index (Phi) is 9.64. The molecule has 23 heteroatoms. The Morgan fingerprint density at radius 1 is 0.385 bits per heavy atom. The molecule has 0 aromatic heterocycles. The second kappa shape index (κ2) is 10.1. The van der Waals surface area contributed by atoms with Gasteiger partial charge in [0.2, 0.25) is 0 Å². The third kappa shape index (κ3) is 5.05. The van der Waals surface area contributed by atoms with Gasteiger partial charge >= 0.3 is 59.6 Å². The van der Waals surface area contributed by atoms with E-state index in [2.05, 4.69) is 0 Å². The molecule has 2 atom stereocenters. The Bertz CT molecular complexity index is 779. The number of alkyl halides is 22. The van der Waals surface area contributed by atoms with Crippen LogP contribution >= 0.6 is 0 Å². The van der Waals surface area contributed by atoms with E-state index in [0.29, 0.717) is 0 Å². The molecular weight excluding hydrogens is 626 g/mol. The Labute approximate surface area is 201 Å². The standard InChI is InChI=1S/C16H12F22O/c1-3-5(17)7(19,20)9(23,24)11(27,28)13(31,32)15(35,36)39-16(37,38)14(33,34)12(29,30)10(25,26)8(21,22)6(18)4-2/h5-6H,3-4H2,1-2H3. The lowest BCUT2D eigenvalue weighted by Gasteiger charge is -2.42. The summed E-state index contributed by atoms with van der Waals surface area (Å²) in [6.07, 6.45) is -29.8. The lowest BCUT2D eigenvalue weighted by molar-refractivity contribution is -0.523. The number of hydrogen-bond donors (Lipinski definition) is 0. The molecular formula is C16H12F22O. The van der Waals surface area contributed by atoms with Crippen LogP contribution in [0.5, 0.6) is 0 Å². The number of halogens is 22. The average Bonchev–Trinajstić information content (AvgIpc) is 2.75. The fourth-order valence-corrected chi connectivity index (χ4v) is 2.37. The molecule has 0 aliphatic carbocycles. The van der Waals surface area contributed by atoms with Gasteiger partial charge in [0.15, 0.2) is 12.3 Å². The van der Waals surface area contributed by atoms with Gasteiger partial charge in [-0.25, -0.2) is 13.5 Å². The highest BCUT2D eigenvalue weighted by molar-refractivity contribution is 5.11. The van der Waals surface area contributed by atoms with Crippen molar-refractivity contribution < 1.29 is 101 Å². The van der Waals surface area contributed by atoms with Crippen molar-refractivity contribution in [2.24, 2.45) is 0 Å². The van der Waals surface area contributed by atoms with Gasteiger partial charge in [0.05, 0.1) is 0 Å². The topological polar surface area (TPSA) is 9.23 Å². The van der Waals surface area contributed by atoms with Gasteiger partial charge in [0, 0.05) is 0 Å². The van der Waals surface area contributed by atoms with Crippen molar-refractivity contribution in [3.8, 4) is 0 Å². The minimum Gasteiger partial charge on any atom is -0.245 e. The van der Waals surface area contributed by atoms with Crippen molar-refractivity contribution in [1.82, 2.24) is 0 Å². The van der Waals surface area contributed by atoms with E-state index >= 15 is 0 Å². The van der Waals surface area contributed by atoms with Crippen molar-refractivity contribution in [2.45, 2.75) is 98.6 Å². The number of hydrogen-bond acceptors (Lipinski definition) is 1. The summed E-state index contributed by atoms with van der Waals surface area (Å²) in [5, 5.41) is 0. The molecule has 0 amide bonds. The minimum absolute atomic E-state index is 0.177. The summed E-state index contributed by atoms with van der Waals surface area (Å²) >= 11 is 0. The third-order valence-corrected chi connectivity index (χ3v) is 4.91. The molecule has 39 heavy (non-hydrogen) atoms. The second-order valence-electron chi connectivity index (χ2n) is 7.58. The fraction of sp³-hybridized carbons (Fsp3) is 1.00. The molecule has 236 valence electrons. The van der Waals surface area contributed by atoms with Crippen LogP contribution in [0, 0.1) is 0 Å². The zero-order chi connectivity index (χ0) is 32.3. The maximum atomic E-state index is 13.5. The second-order valence-corrected chi connectivity index (χ2v) is 7.58. The van der Waals surface area contributed by atoms with Gasteiger partial charge in [-0.2, -0.15) is 87.8 Å². The quantitative estimate of drug-likeness (QED) is 0.173. The van der Waals surface area contributed by atoms with E-state index in [1.54, 1.807) is 0 Å². The summed E-state index contributed by atoms with van der Waals surface area (Å²) < 4.78 is 296. The molecule has 0 radical (unpaired) electrons. The first-order chi connectivity index (χ1) is 16.7. The smallest absolute Gasteiger partial charge is 0.245 e. The molecule has 0 spiro atoms. The van der Waals surface area contributed by atoms with Crippen molar-refractivity contribution in [3.63, 3.8) is 0 Å². The molecule has 0 saturated heterocycles. The highest BCUT2D eigenvalue weighted by Crippen LogP contribution is 2.62. The van der Waals surface area contributed by atoms with Gasteiger partial charge in [-0.1, -0.05) is 13.8 Å². The zero-order valence-electron chi connectivity index (χ0n) is 18.3. The van der Waals surface area contributed by atoms with Crippen LogP contribution in [0.15, 0.2) is 0 Å². The molecule has 0 heterocycles. The van der Waals surface area contributed by atoms with Gasteiger partial charge in [0.25, 0.3) is 0 Å². The van der Waals surface area contributed by atoms with Crippen LogP contribution in [0.3, 0.4) is 0 Å². The Morgan fingerprint density at radius 2 is 0.590 bits per heavy atom. The Balaban J connectivity index is 6.80. The maximum Gasteiger partial charge on any atom is 0.430 e. The zero-order valence-corrected chi connectivity index (χ0v) is 18.3. The summed E-state index contributed by atoms with van der Waals surface area (Å²) in [5.41, 5.74) is 0. The van der Waals surface area contributed by atoms with Gasteiger partial charge in [0.1, 0.15) is 0 Å². The van der Waals surface area contributed by atoms with Crippen LogP contribution < -0.4 is 0 Å². The van der Waals surface area contributed by atoms with Crippen molar-refractivity contribution >= 4 is 0 Å². The highest BCUT2D eigenvalue weighted by atomic mass is 19.4. The van der Waals surface area contributed by atoms with Gasteiger partial charge < -0.3 is 0 Å². The number of ether oxygens (including phenoxy) is 1. The van der Waals surface area contributed by atoms with Gasteiger partial charge in [-0.15, -0.1) is 0 Å². The van der Waals surface area contributed by atoms with Crippen LogP contribution in [0.1, 0.15) is 26.7 Å². The van der Waals surface area contributed by atoms with Crippen LogP contribution in [0.2, 0.25) is 0 Å². The summed E-state index contributed by atoms with van der Waals surface area (Å²) in [6, 6.07) is 0. The molecule has 0 aliphatic rings. The molecule has 0 aromatic carbocycles. The molecule has 0 aromatic rings. The first-order valence-electron chi connectivity index (χ1n) is 9.43. The molecule has 2 unspecified atom stereocenters. The molecule has 1 nitrogen and oxygen atoms in total. The lowest BCUT2D eigenvalue weighted by atomic mass is 9.93. The summed E-state index contributed by atoms with van der Waals surface area (Å²) in [6.45, 7) is 0.354. The van der Waals surface area contributed by atoms with Crippen LogP contribution in [0.25, 0.3) is 0 Å². The van der Waals surface area contributed by atoms with Crippen molar-refractivity contribution in [3.05, 3.63) is 0 Å². The van der Waals surface area contributed by atoms with E-state index in [0.717, 1.165) is 4.74 Å². The molecule has 0 saturated carbocycles. The lowest BCUT2D eigenvalue weighted by Crippen LogP contribution is -2.72. The van der Waals surface area contributed by atoms with Gasteiger partial charge in [-0.3, -0.25) is 0 Å².